The summed E-state index contributed by atoms with van der Waals surface area (Å²) in [5, 5.41) is 15.7. The Labute approximate surface area is 174 Å². The lowest BCUT2D eigenvalue weighted by atomic mass is 9.98. The van der Waals surface area contributed by atoms with Crippen LogP contribution in [0.3, 0.4) is 0 Å². The molecule has 154 valence electrons. The summed E-state index contributed by atoms with van der Waals surface area (Å²) in [4.78, 5) is 23.1. The Morgan fingerprint density at radius 3 is 2.37 bits per heavy atom. The summed E-state index contributed by atoms with van der Waals surface area (Å²) < 4.78 is 5.21. The van der Waals surface area contributed by atoms with Crippen molar-refractivity contribution in [1.82, 2.24) is 0 Å². The molecule has 0 aromatic heterocycles. The number of benzene rings is 3. The number of hydrogen-bond acceptors (Lipinski definition) is 4. The summed E-state index contributed by atoms with van der Waals surface area (Å²) in [6.07, 6.45) is 0. The van der Waals surface area contributed by atoms with E-state index in [1.807, 2.05) is 54.7 Å². The molecule has 3 aromatic carbocycles. The molecule has 3 N–H and O–H groups in total. The molecule has 7 nitrogen and oxygen atoms in total. The first kappa shape index (κ1) is 21.0. The van der Waals surface area contributed by atoms with Crippen LogP contribution in [0.1, 0.15) is 22.7 Å². The second-order valence-electron chi connectivity index (χ2n) is 6.93. The van der Waals surface area contributed by atoms with Gasteiger partial charge in [0, 0.05) is 23.3 Å². The first-order valence-corrected chi connectivity index (χ1v) is 9.55. The largest absolute Gasteiger partial charge is 0.495 e. The number of non-ortho nitro benzene ring substituents is 1. The predicted octanol–water partition coefficient (Wildman–Crippen LogP) is 3.20. The van der Waals surface area contributed by atoms with E-state index in [0.717, 1.165) is 11.1 Å². The molecule has 0 aliphatic carbocycles. The lowest BCUT2D eigenvalue weighted by molar-refractivity contribution is -0.676. The monoisotopic (exact) mass is 406 g/mol. The number of aryl methyl sites for hydroxylation is 1. The average Bonchev–Trinajstić information content (AvgIpc) is 2.75. The van der Waals surface area contributed by atoms with Gasteiger partial charge in [0.15, 0.2) is 6.54 Å². The summed E-state index contributed by atoms with van der Waals surface area (Å²) in [6, 6.07) is 22.2. The van der Waals surface area contributed by atoms with Crippen LogP contribution in [0.2, 0.25) is 0 Å². The molecule has 0 radical (unpaired) electrons. The Hall–Kier alpha value is -3.71. The number of methoxy groups -OCH3 is 1. The van der Waals surface area contributed by atoms with E-state index in [-0.39, 0.29) is 29.9 Å². The molecule has 1 atom stereocenters. The van der Waals surface area contributed by atoms with E-state index in [0.29, 0.717) is 5.75 Å². The van der Waals surface area contributed by atoms with Crippen LogP contribution >= 0.6 is 0 Å². The van der Waals surface area contributed by atoms with Crippen molar-refractivity contribution in [2.24, 2.45) is 0 Å². The molecule has 7 heteroatoms. The molecule has 0 unspecified atom stereocenters. The van der Waals surface area contributed by atoms with Gasteiger partial charge in [-0.1, -0.05) is 60.2 Å². The van der Waals surface area contributed by atoms with Crippen molar-refractivity contribution < 1.29 is 19.8 Å². The Morgan fingerprint density at radius 2 is 1.73 bits per heavy atom. The van der Waals surface area contributed by atoms with Crippen molar-refractivity contribution >= 4 is 17.3 Å². The van der Waals surface area contributed by atoms with Crippen LogP contribution in [-0.2, 0) is 4.79 Å². The molecule has 0 bridgehead atoms. The minimum atomic E-state index is -0.510. The number of hydrogen-bond donors (Lipinski definition) is 2. The van der Waals surface area contributed by atoms with Crippen LogP contribution in [0.4, 0.5) is 11.4 Å². The number of ether oxygens (including phenoxy) is 1. The summed E-state index contributed by atoms with van der Waals surface area (Å²) in [6.45, 7) is 2.17. The predicted molar refractivity (Wildman–Crippen MR) is 115 cm³/mol. The van der Waals surface area contributed by atoms with Crippen LogP contribution in [0.25, 0.3) is 0 Å². The van der Waals surface area contributed by atoms with E-state index in [2.05, 4.69) is 17.4 Å². The Kier molecular flexibility index (Phi) is 6.77. The average molecular weight is 406 g/mol. The molecule has 0 spiro atoms. The van der Waals surface area contributed by atoms with E-state index in [9.17, 15) is 14.9 Å². The topological polar surface area (TPSA) is 98.1 Å². The maximum absolute atomic E-state index is 12.6. The van der Waals surface area contributed by atoms with Crippen LogP contribution in [0, 0.1) is 17.0 Å². The van der Waals surface area contributed by atoms with Crippen LogP contribution in [0.15, 0.2) is 72.8 Å². The van der Waals surface area contributed by atoms with E-state index in [4.69, 9.17) is 4.74 Å². The van der Waals surface area contributed by atoms with Crippen LogP contribution in [-0.4, -0.2) is 24.5 Å². The normalized spacial score (nSPS) is 11.5. The van der Waals surface area contributed by atoms with E-state index in [1.54, 1.807) is 0 Å². The van der Waals surface area contributed by atoms with Crippen molar-refractivity contribution in [2.75, 3.05) is 19.0 Å². The number of quaternary nitrogens is 1. The van der Waals surface area contributed by atoms with Gasteiger partial charge in [0.1, 0.15) is 11.8 Å². The number of anilines is 1. The molecule has 0 aliphatic heterocycles. The third-order valence-corrected chi connectivity index (χ3v) is 4.80. The Bertz CT molecular complexity index is 1020. The molecular formula is C23H24N3O4+. The van der Waals surface area contributed by atoms with Crippen molar-refractivity contribution in [3.05, 3.63) is 99.6 Å². The quantitative estimate of drug-likeness (QED) is 0.443. The first-order valence-electron chi connectivity index (χ1n) is 9.55. The number of nitro groups is 1. The minimum Gasteiger partial charge on any atom is -0.495 e. The number of nitrogens with one attached hydrogen (secondary N) is 1. The smallest absolute Gasteiger partial charge is 0.279 e. The highest BCUT2D eigenvalue weighted by molar-refractivity contribution is 5.93. The van der Waals surface area contributed by atoms with Crippen molar-refractivity contribution in [2.45, 2.75) is 13.0 Å². The standard InChI is InChI=1S/C23H23N3O4/c1-16-8-10-18(11-9-16)23(17-6-4-3-5-7-17)24-15-22(27)25-20-14-19(26(28)29)12-13-21(20)30-2/h3-14,23-24H,15H2,1-2H3,(H,25,27)/p+1/t23-/m1/s1. The molecule has 0 aliphatic rings. The molecule has 3 aromatic rings. The van der Waals surface area contributed by atoms with Gasteiger partial charge in [0.05, 0.1) is 17.7 Å². The van der Waals surface area contributed by atoms with E-state index < -0.39 is 4.92 Å². The van der Waals surface area contributed by atoms with E-state index in [1.165, 1.54) is 30.9 Å². The highest BCUT2D eigenvalue weighted by atomic mass is 16.6. The molecule has 3 rings (SSSR count). The number of carbonyl (C=O) groups excluding carboxylic acids is 1. The molecule has 0 saturated heterocycles. The van der Waals surface area contributed by atoms with E-state index >= 15 is 0 Å². The molecule has 0 fully saturated rings. The van der Waals surface area contributed by atoms with Gasteiger partial charge in [0.2, 0.25) is 0 Å². The highest BCUT2D eigenvalue weighted by Crippen LogP contribution is 2.28. The number of nitrogens with zero attached hydrogens (tertiary/aromatic N) is 1. The van der Waals surface area contributed by atoms with Gasteiger partial charge < -0.3 is 15.4 Å². The fraction of sp³-hybridized carbons (Fsp3) is 0.174. The van der Waals surface area contributed by atoms with Crippen molar-refractivity contribution in [3.8, 4) is 5.75 Å². The second kappa shape index (κ2) is 9.67. The van der Waals surface area contributed by atoms with Gasteiger partial charge in [-0.2, -0.15) is 0 Å². The maximum atomic E-state index is 12.6. The second-order valence-corrected chi connectivity index (χ2v) is 6.93. The summed E-state index contributed by atoms with van der Waals surface area (Å²) in [5.74, 6) is 0.0916. The van der Waals surface area contributed by atoms with Gasteiger partial charge in [-0.3, -0.25) is 14.9 Å². The summed E-state index contributed by atoms with van der Waals surface area (Å²) in [5.41, 5.74) is 3.50. The summed E-state index contributed by atoms with van der Waals surface area (Å²) in [7, 11) is 1.45. The van der Waals surface area contributed by atoms with Crippen LogP contribution < -0.4 is 15.4 Å². The lowest BCUT2D eigenvalue weighted by Crippen LogP contribution is -2.87. The molecule has 1 amide bonds. The third kappa shape index (κ3) is 5.21. The van der Waals surface area contributed by atoms with Gasteiger partial charge in [0.25, 0.3) is 11.6 Å². The zero-order chi connectivity index (χ0) is 21.5. The van der Waals surface area contributed by atoms with Crippen molar-refractivity contribution in [3.63, 3.8) is 0 Å². The Morgan fingerprint density at radius 1 is 1.07 bits per heavy atom. The van der Waals surface area contributed by atoms with Gasteiger partial charge >= 0.3 is 0 Å². The molecule has 30 heavy (non-hydrogen) atoms. The number of rotatable bonds is 8. The minimum absolute atomic E-state index is 0.0513. The molecule has 0 heterocycles. The fourth-order valence-corrected chi connectivity index (χ4v) is 3.23. The zero-order valence-corrected chi connectivity index (χ0v) is 16.9. The Balaban J connectivity index is 1.76. The number of carbonyl (C=O) groups is 1. The number of amides is 1. The van der Waals surface area contributed by atoms with Crippen LogP contribution in [0.5, 0.6) is 5.75 Å². The molecule has 0 saturated carbocycles. The van der Waals surface area contributed by atoms with Crippen molar-refractivity contribution in [1.29, 1.82) is 0 Å². The first-order chi connectivity index (χ1) is 14.5. The highest BCUT2D eigenvalue weighted by Gasteiger charge is 2.20. The number of nitro benzene ring substituents is 1. The lowest BCUT2D eigenvalue weighted by Gasteiger charge is -2.17. The number of nitrogens with two attached hydrogens (primary N) is 1. The maximum Gasteiger partial charge on any atom is 0.279 e. The van der Waals surface area contributed by atoms with Gasteiger partial charge in [-0.15, -0.1) is 0 Å². The van der Waals surface area contributed by atoms with Gasteiger partial charge in [-0.05, 0) is 13.0 Å². The molecular weight excluding hydrogens is 382 g/mol. The fourth-order valence-electron chi connectivity index (χ4n) is 3.23. The third-order valence-electron chi connectivity index (χ3n) is 4.80. The summed E-state index contributed by atoms with van der Waals surface area (Å²) >= 11 is 0. The zero-order valence-electron chi connectivity index (χ0n) is 16.9. The van der Waals surface area contributed by atoms with Gasteiger partial charge in [-0.25, -0.2) is 0 Å². The SMILES string of the molecule is COc1ccc([N+](=O)[O-])cc1NC(=O)C[NH2+][C@H](c1ccccc1)c1ccc(C)cc1.